The zero-order valence-electron chi connectivity index (χ0n) is 10.8. The molecule has 2 aromatic rings. The largest absolute Gasteiger partial charge is 0.486 e. The van der Waals surface area contributed by atoms with Crippen LogP contribution in [0, 0.1) is 5.82 Å². The van der Waals surface area contributed by atoms with Gasteiger partial charge in [0, 0.05) is 19.7 Å². The van der Waals surface area contributed by atoms with Gasteiger partial charge in [-0.25, -0.2) is 9.37 Å². The normalized spacial score (nSPS) is 10.7. The number of ether oxygens (including phenoxy) is 1. The van der Waals surface area contributed by atoms with Crippen LogP contribution in [0.15, 0.2) is 24.4 Å². The Hall–Kier alpha value is -1.59. The summed E-state index contributed by atoms with van der Waals surface area (Å²) in [5.41, 5.74) is 0.829. The van der Waals surface area contributed by atoms with Crippen LogP contribution in [0.5, 0.6) is 5.75 Å². The highest BCUT2D eigenvalue weighted by Crippen LogP contribution is 2.18. The smallest absolute Gasteiger partial charge is 0.147 e. The SMILES string of the molecule is CNCc1cc(F)cc(OCc2ncc(Cl)n2C)c1. The van der Waals surface area contributed by atoms with E-state index >= 15 is 0 Å². The second kappa shape index (κ2) is 6.04. The fourth-order valence-electron chi connectivity index (χ4n) is 1.72. The first-order chi connectivity index (χ1) is 9.10. The molecule has 1 aromatic heterocycles. The van der Waals surface area contributed by atoms with Crippen molar-refractivity contribution in [1.29, 1.82) is 0 Å². The van der Waals surface area contributed by atoms with Crippen LogP contribution in [0.25, 0.3) is 0 Å². The van der Waals surface area contributed by atoms with Gasteiger partial charge in [-0.15, -0.1) is 0 Å². The molecule has 1 N–H and O–H groups in total. The Bertz CT molecular complexity index is 571. The predicted molar refractivity (Wildman–Crippen MR) is 71.7 cm³/mol. The summed E-state index contributed by atoms with van der Waals surface area (Å²) in [6, 6.07) is 4.62. The molecule has 4 nitrogen and oxygen atoms in total. The van der Waals surface area contributed by atoms with Gasteiger partial charge in [-0.1, -0.05) is 11.6 Å². The highest BCUT2D eigenvalue weighted by molar-refractivity contribution is 6.29. The Balaban J connectivity index is 2.08. The van der Waals surface area contributed by atoms with Gasteiger partial charge in [0.25, 0.3) is 0 Å². The number of hydrogen-bond donors (Lipinski definition) is 1. The first-order valence-electron chi connectivity index (χ1n) is 5.83. The third-order valence-corrected chi connectivity index (χ3v) is 3.06. The molecular formula is C13H15ClFN3O. The molecule has 19 heavy (non-hydrogen) atoms. The molecule has 1 heterocycles. The molecule has 0 amide bonds. The Morgan fingerprint density at radius 3 is 2.84 bits per heavy atom. The number of aromatic nitrogens is 2. The lowest BCUT2D eigenvalue weighted by molar-refractivity contribution is 0.290. The first-order valence-corrected chi connectivity index (χ1v) is 6.21. The minimum atomic E-state index is -0.319. The van der Waals surface area contributed by atoms with Crippen molar-refractivity contribution < 1.29 is 9.13 Å². The lowest BCUT2D eigenvalue weighted by Crippen LogP contribution is -2.07. The van der Waals surface area contributed by atoms with Crippen LogP contribution in [0.2, 0.25) is 5.15 Å². The molecule has 0 aliphatic heterocycles. The summed E-state index contributed by atoms with van der Waals surface area (Å²) in [6.07, 6.45) is 1.55. The monoisotopic (exact) mass is 283 g/mol. The summed E-state index contributed by atoms with van der Waals surface area (Å²) in [6.45, 7) is 0.827. The number of benzene rings is 1. The van der Waals surface area contributed by atoms with E-state index in [9.17, 15) is 4.39 Å². The minimum absolute atomic E-state index is 0.242. The van der Waals surface area contributed by atoms with E-state index < -0.39 is 0 Å². The summed E-state index contributed by atoms with van der Waals surface area (Å²) in [5, 5.41) is 3.50. The van der Waals surface area contributed by atoms with Crippen molar-refractivity contribution >= 4 is 11.6 Å². The minimum Gasteiger partial charge on any atom is -0.486 e. The van der Waals surface area contributed by atoms with Crippen molar-refractivity contribution in [2.45, 2.75) is 13.2 Å². The number of hydrogen-bond acceptors (Lipinski definition) is 3. The number of nitrogens with zero attached hydrogens (tertiary/aromatic N) is 2. The molecule has 0 spiro atoms. The number of rotatable bonds is 5. The summed E-state index contributed by atoms with van der Waals surface area (Å²) in [5.74, 6) is 0.842. The summed E-state index contributed by atoms with van der Waals surface area (Å²) in [4.78, 5) is 4.11. The topological polar surface area (TPSA) is 39.1 Å². The molecule has 2 rings (SSSR count). The summed E-state index contributed by atoms with van der Waals surface area (Å²) >= 11 is 5.88. The zero-order chi connectivity index (χ0) is 13.8. The molecule has 0 unspecified atom stereocenters. The number of halogens is 2. The van der Waals surface area contributed by atoms with Crippen molar-refractivity contribution in [3.8, 4) is 5.75 Å². The van der Waals surface area contributed by atoms with Gasteiger partial charge in [-0.2, -0.15) is 0 Å². The van der Waals surface area contributed by atoms with E-state index in [4.69, 9.17) is 16.3 Å². The van der Waals surface area contributed by atoms with E-state index in [0.717, 1.165) is 5.56 Å². The maximum Gasteiger partial charge on any atom is 0.147 e. The molecule has 0 fully saturated rings. The van der Waals surface area contributed by atoms with E-state index in [0.29, 0.717) is 23.3 Å². The lowest BCUT2D eigenvalue weighted by atomic mass is 10.2. The van der Waals surface area contributed by atoms with Crippen LogP contribution >= 0.6 is 11.6 Å². The summed E-state index contributed by atoms with van der Waals surface area (Å²) in [7, 11) is 3.60. The van der Waals surface area contributed by atoms with Crippen LogP contribution in [0.1, 0.15) is 11.4 Å². The third-order valence-electron chi connectivity index (χ3n) is 2.71. The Kier molecular flexibility index (Phi) is 4.39. The molecule has 0 saturated heterocycles. The average Bonchev–Trinajstić information content (AvgIpc) is 2.67. The van der Waals surface area contributed by atoms with Crippen molar-refractivity contribution in [2.24, 2.45) is 7.05 Å². The van der Waals surface area contributed by atoms with Crippen molar-refractivity contribution in [3.05, 3.63) is 46.8 Å². The van der Waals surface area contributed by atoms with Crippen LogP contribution in [-0.2, 0) is 20.2 Å². The standard InChI is InChI=1S/C13H15ClFN3O/c1-16-6-9-3-10(15)5-11(4-9)19-8-13-17-7-12(14)18(13)2/h3-5,7,16H,6,8H2,1-2H3. The molecule has 0 saturated carbocycles. The molecule has 1 aromatic carbocycles. The molecule has 102 valence electrons. The fraction of sp³-hybridized carbons (Fsp3) is 0.308. The maximum atomic E-state index is 13.4. The highest BCUT2D eigenvalue weighted by Gasteiger charge is 2.06. The Labute approximate surface area is 116 Å². The molecule has 0 aliphatic carbocycles. The Morgan fingerprint density at radius 2 is 2.21 bits per heavy atom. The zero-order valence-corrected chi connectivity index (χ0v) is 11.5. The van der Waals surface area contributed by atoms with Gasteiger partial charge in [-0.05, 0) is 24.7 Å². The van der Waals surface area contributed by atoms with Crippen LogP contribution < -0.4 is 10.1 Å². The number of imidazole rings is 1. The molecule has 0 atom stereocenters. The van der Waals surface area contributed by atoms with Crippen molar-refractivity contribution in [2.75, 3.05) is 7.05 Å². The highest BCUT2D eigenvalue weighted by atomic mass is 35.5. The fourth-order valence-corrected chi connectivity index (χ4v) is 1.86. The van der Waals surface area contributed by atoms with E-state index in [1.807, 2.05) is 0 Å². The lowest BCUT2D eigenvalue weighted by Gasteiger charge is -2.09. The van der Waals surface area contributed by atoms with Gasteiger partial charge in [-0.3, -0.25) is 0 Å². The number of nitrogens with one attached hydrogen (secondary N) is 1. The van der Waals surface area contributed by atoms with Crippen LogP contribution in [0.3, 0.4) is 0 Å². The van der Waals surface area contributed by atoms with E-state index in [1.54, 1.807) is 30.9 Å². The maximum absolute atomic E-state index is 13.4. The molecular weight excluding hydrogens is 269 g/mol. The van der Waals surface area contributed by atoms with Crippen LogP contribution in [-0.4, -0.2) is 16.6 Å². The molecule has 0 radical (unpaired) electrons. The van der Waals surface area contributed by atoms with E-state index in [2.05, 4.69) is 10.3 Å². The van der Waals surface area contributed by atoms with Gasteiger partial charge >= 0.3 is 0 Å². The van der Waals surface area contributed by atoms with Crippen LogP contribution in [0.4, 0.5) is 4.39 Å². The predicted octanol–water partition coefficient (Wildman–Crippen LogP) is 2.51. The average molecular weight is 284 g/mol. The van der Waals surface area contributed by atoms with Crippen molar-refractivity contribution in [1.82, 2.24) is 14.9 Å². The third kappa shape index (κ3) is 3.45. The van der Waals surface area contributed by atoms with Gasteiger partial charge in [0.05, 0.1) is 6.20 Å². The van der Waals surface area contributed by atoms with E-state index in [-0.39, 0.29) is 12.4 Å². The van der Waals surface area contributed by atoms with Gasteiger partial charge in [0.2, 0.25) is 0 Å². The molecule has 0 bridgehead atoms. The van der Waals surface area contributed by atoms with E-state index in [1.165, 1.54) is 12.1 Å². The summed E-state index contributed by atoms with van der Waals surface area (Å²) < 4.78 is 20.7. The van der Waals surface area contributed by atoms with Gasteiger partial charge < -0.3 is 14.6 Å². The van der Waals surface area contributed by atoms with Gasteiger partial charge in [0.15, 0.2) is 0 Å². The Morgan fingerprint density at radius 1 is 1.42 bits per heavy atom. The van der Waals surface area contributed by atoms with Gasteiger partial charge in [0.1, 0.15) is 29.2 Å². The van der Waals surface area contributed by atoms with Crippen molar-refractivity contribution in [3.63, 3.8) is 0 Å². The second-order valence-corrected chi connectivity index (χ2v) is 4.56. The second-order valence-electron chi connectivity index (χ2n) is 4.17. The molecule has 6 heteroatoms. The first kappa shape index (κ1) is 13.8. The molecule has 0 aliphatic rings. The quantitative estimate of drug-likeness (QED) is 0.916.